The molecule has 3 aromatic rings. The number of phenolic OH excluding ortho intramolecular Hbond substituents is 1. The Morgan fingerprint density at radius 3 is 2.76 bits per heavy atom. The first-order valence-corrected chi connectivity index (χ1v) is 11.2. The topological polar surface area (TPSA) is 115 Å². The number of hydrogen-bond donors (Lipinski definition) is 3. The van der Waals surface area contributed by atoms with Crippen LogP contribution in [-0.4, -0.2) is 33.5 Å². The van der Waals surface area contributed by atoms with Gasteiger partial charge in [0.2, 0.25) is 0 Å². The number of carboxylic acids is 1. The molecule has 0 saturated carbocycles. The number of para-hydroxylation sites is 1. The van der Waals surface area contributed by atoms with Crippen LogP contribution in [0.2, 0.25) is 0 Å². The number of nitrogens with zero attached hydrogens (tertiary/aromatic N) is 3. The summed E-state index contributed by atoms with van der Waals surface area (Å²) in [5.74, 6) is -1.46. The highest BCUT2D eigenvalue weighted by molar-refractivity contribution is 7.17. The average molecular weight is 461 g/mol. The fraction of sp³-hybridized carbons (Fsp3) is 0.167. The molecule has 2 heterocycles. The van der Waals surface area contributed by atoms with Gasteiger partial charge in [0, 0.05) is 10.4 Å². The third kappa shape index (κ3) is 3.76. The smallest absolute Gasteiger partial charge is 0.345 e. The van der Waals surface area contributed by atoms with E-state index < -0.39 is 5.97 Å². The first kappa shape index (κ1) is 20.9. The number of nitrogens with one attached hydrogen (secondary N) is 1. The lowest BCUT2D eigenvalue weighted by Gasteiger charge is -2.13. The van der Waals surface area contributed by atoms with Gasteiger partial charge in [0.05, 0.1) is 17.1 Å². The van der Waals surface area contributed by atoms with E-state index in [4.69, 9.17) is 5.11 Å². The van der Waals surface area contributed by atoms with E-state index in [9.17, 15) is 14.7 Å². The standard InChI is InChI=1S/C24H20N4O4S/c1-13-21(23(30)28(27-13)16-9-8-14-4-2-5-15(14)12-16)26-25-18-7-3-6-17(22(18)29)19-10-11-20(33-19)24(31)32/h3,6-12,25,29H,2,4-5H2,1H3,(H,31,32)/b26-21-. The van der Waals surface area contributed by atoms with Crippen LogP contribution >= 0.6 is 11.3 Å². The number of carbonyl (C=O) groups excluding carboxylic acids is 1. The summed E-state index contributed by atoms with van der Waals surface area (Å²) in [4.78, 5) is 25.0. The van der Waals surface area contributed by atoms with Crippen LogP contribution in [0.15, 0.2) is 58.7 Å². The number of anilines is 2. The van der Waals surface area contributed by atoms with E-state index in [-0.39, 0.29) is 22.2 Å². The minimum absolute atomic E-state index is 0.0869. The van der Waals surface area contributed by atoms with Crippen molar-refractivity contribution in [3.63, 3.8) is 0 Å². The zero-order chi connectivity index (χ0) is 23.1. The predicted molar refractivity (Wildman–Crippen MR) is 128 cm³/mol. The summed E-state index contributed by atoms with van der Waals surface area (Å²) in [5, 5.41) is 29.8. The van der Waals surface area contributed by atoms with Crippen molar-refractivity contribution in [1.82, 2.24) is 0 Å². The summed E-state index contributed by atoms with van der Waals surface area (Å²) < 4.78 is 0. The number of carbonyl (C=O) groups is 2. The molecule has 3 N–H and O–H groups in total. The molecule has 1 amide bonds. The number of aromatic carboxylic acids is 1. The molecule has 1 aliphatic heterocycles. The molecule has 1 aliphatic carbocycles. The maximum Gasteiger partial charge on any atom is 0.345 e. The maximum atomic E-state index is 13.0. The molecule has 2 aliphatic rings. The average Bonchev–Trinajstić information content (AvgIpc) is 3.52. The van der Waals surface area contributed by atoms with Crippen LogP contribution < -0.4 is 10.4 Å². The molecule has 9 heteroatoms. The summed E-state index contributed by atoms with van der Waals surface area (Å²) in [6.07, 6.45) is 3.19. The van der Waals surface area contributed by atoms with Crippen molar-refractivity contribution in [1.29, 1.82) is 0 Å². The quantitative estimate of drug-likeness (QED) is 0.383. The Morgan fingerprint density at radius 2 is 1.97 bits per heavy atom. The molecule has 0 bridgehead atoms. The monoisotopic (exact) mass is 460 g/mol. The lowest BCUT2D eigenvalue weighted by Crippen LogP contribution is -2.28. The van der Waals surface area contributed by atoms with Crippen LogP contribution in [0.5, 0.6) is 5.75 Å². The van der Waals surface area contributed by atoms with Gasteiger partial charge in [-0.05, 0) is 73.7 Å². The fourth-order valence-electron chi connectivity index (χ4n) is 4.04. The van der Waals surface area contributed by atoms with Crippen LogP contribution in [0.1, 0.15) is 34.1 Å². The number of aryl methyl sites for hydroxylation is 2. The van der Waals surface area contributed by atoms with E-state index in [0.717, 1.165) is 30.6 Å². The number of carboxylic acid groups (broad SMARTS) is 1. The number of amides is 1. The minimum atomic E-state index is -1.02. The van der Waals surface area contributed by atoms with Crippen LogP contribution in [0, 0.1) is 0 Å². The van der Waals surface area contributed by atoms with Crippen molar-refractivity contribution in [2.24, 2.45) is 10.2 Å². The Labute approximate surface area is 193 Å². The van der Waals surface area contributed by atoms with E-state index in [1.807, 2.05) is 18.2 Å². The zero-order valence-corrected chi connectivity index (χ0v) is 18.5. The van der Waals surface area contributed by atoms with E-state index in [1.165, 1.54) is 22.2 Å². The molecule has 0 radical (unpaired) electrons. The molecule has 0 unspecified atom stereocenters. The minimum Gasteiger partial charge on any atom is -0.505 e. The molecule has 0 spiro atoms. The van der Waals surface area contributed by atoms with E-state index in [2.05, 4.69) is 15.6 Å². The van der Waals surface area contributed by atoms with Crippen molar-refractivity contribution in [3.05, 3.63) is 64.5 Å². The molecule has 2 aromatic carbocycles. The summed E-state index contributed by atoms with van der Waals surface area (Å²) in [6.45, 7) is 1.71. The summed E-state index contributed by atoms with van der Waals surface area (Å²) in [7, 11) is 0. The lowest BCUT2D eigenvalue weighted by molar-refractivity contribution is -0.112. The molecule has 8 nitrogen and oxygen atoms in total. The third-order valence-electron chi connectivity index (χ3n) is 5.72. The third-order valence-corrected chi connectivity index (χ3v) is 6.83. The second-order valence-corrected chi connectivity index (χ2v) is 8.94. The van der Waals surface area contributed by atoms with Crippen LogP contribution in [-0.2, 0) is 17.6 Å². The number of aromatic hydroxyl groups is 1. The van der Waals surface area contributed by atoms with E-state index >= 15 is 0 Å². The van der Waals surface area contributed by atoms with Gasteiger partial charge < -0.3 is 10.2 Å². The van der Waals surface area contributed by atoms with Crippen molar-refractivity contribution in [2.45, 2.75) is 26.2 Å². The predicted octanol–water partition coefficient (Wildman–Crippen LogP) is 4.50. The largest absolute Gasteiger partial charge is 0.505 e. The molecule has 0 saturated heterocycles. The van der Waals surface area contributed by atoms with Crippen molar-refractivity contribution in [3.8, 4) is 16.2 Å². The van der Waals surface area contributed by atoms with Gasteiger partial charge in [-0.2, -0.15) is 15.2 Å². The molecular weight excluding hydrogens is 440 g/mol. The number of fused-ring (bicyclic) bond motifs is 1. The van der Waals surface area contributed by atoms with Gasteiger partial charge >= 0.3 is 11.9 Å². The summed E-state index contributed by atoms with van der Waals surface area (Å²) >= 11 is 1.06. The van der Waals surface area contributed by atoms with Crippen molar-refractivity contribution < 1.29 is 19.8 Å². The van der Waals surface area contributed by atoms with Gasteiger partial charge in [-0.3, -0.25) is 10.2 Å². The number of thiophene rings is 1. The molecule has 33 heavy (non-hydrogen) atoms. The molecule has 5 rings (SSSR count). The van der Waals surface area contributed by atoms with Gasteiger partial charge in [-0.25, -0.2) is 4.79 Å². The highest BCUT2D eigenvalue weighted by Crippen LogP contribution is 2.39. The molecule has 1 aromatic heterocycles. The Kier molecular flexibility index (Phi) is 5.18. The first-order valence-electron chi connectivity index (χ1n) is 10.4. The van der Waals surface area contributed by atoms with Crippen molar-refractivity contribution >= 4 is 46.0 Å². The normalized spacial score (nSPS) is 16.3. The SMILES string of the molecule is CC1=NN(c2ccc3c(c2)CCC3)C(=O)/C1=N\Nc1cccc(-c2ccc(C(=O)O)s2)c1O. The Balaban J connectivity index is 1.39. The van der Waals surface area contributed by atoms with E-state index in [1.54, 1.807) is 31.2 Å². The van der Waals surface area contributed by atoms with Crippen LogP contribution in [0.25, 0.3) is 10.4 Å². The second-order valence-electron chi connectivity index (χ2n) is 7.85. The Morgan fingerprint density at radius 1 is 1.15 bits per heavy atom. The number of rotatable bonds is 5. The highest BCUT2D eigenvalue weighted by atomic mass is 32.1. The summed E-state index contributed by atoms with van der Waals surface area (Å²) in [5.41, 5.74) is 7.43. The first-order chi connectivity index (χ1) is 15.9. The fourth-order valence-corrected chi connectivity index (χ4v) is 4.91. The molecule has 0 fully saturated rings. The van der Waals surface area contributed by atoms with Crippen LogP contribution in [0.3, 0.4) is 0 Å². The van der Waals surface area contributed by atoms with E-state index in [0.29, 0.717) is 27.5 Å². The molecule has 166 valence electrons. The molecule has 0 atom stereocenters. The lowest BCUT2D eigenvalue weighted by atomic mass is 10.1. The van der Waals surface area contributed by atoms with Gasteiger partial charge in [0.1, 0.15) is 10.6 Å². The number of hydrazone groups is 2. The number of phenols is 1. The van der Waals surface area contributed by atoms with Gasteiger partial charge in [-0.1, -0.05) is 12.1 Å². The second kappa shape index (κ2) is 8.18. The van der Waals surface area contributed by atoms with Gasteiger partial charge in [0.25, 0.3) is 0 Å². The summed E-state index contributed by atoms with van der Waals surface area (Å²) in [6, 6.07) is 14.1. The highest BCUT2D eigenvalue weighted by Gasteiger charge is 2.31. The Hall–Kier alpha value is -3.98. The van der Waals surface area contributed by atoms with Crippen LogP contribution in [0.4, 0.5) is 11.4 Å². The number of benzene rings is 2. The van der Waals surface area contributed by atoms with Gasteiger partial charge in [0.15, 0.2) is 5.71 Å². The van der Waals surface area contributed by atoms with Crippen molar-refractivity contribution in [2.75, 3.05) is 10.4 Å². The maximum absolute atomic E-state index is 13.0. The molecular formula is C24H20N4O4S. The zero-order valence-electron chi connectivity index (χ0n) is 17.7. The van der Waals surface area contributed by atoms with Gasteiger partial charge in [-0.15, -0.1) is 11.3 Å². The number of hydrogen-bond acceptors (Lipinski definition) is 7. The Bertz CT molecular complexity index is 1360.